The van der Waals surface area contributed by atoms with E-state index < -0.39 is 0 Å². The lowest BCUT2D eigenvalue weighted by molar-refractivity contribution is -0.126. The van der Waals surface area contributed by atoms with Crippen molar-refractivity contribution in [3.05, 3.63) is 0 Å². The van der Waals surface area contributed by atoms with E-state index in [1.165, 1.54) is 0 Å². The molecule has 90 valence electrons. The zero-order valence-corrected chi connectivity index (χ0v) is 10.4. The molecular formula is C12H25NO2. The zero-order chi connectivity index (χ0) is 11.5. The summed E-state index contributed by atoms with van der Waals surface area (Å²) in [6.45, 7) is 6.69. The average Bonchev–Trinajstić information content (AvgIpc) is 2.25. The van der Waals surface area contributed by atoms with Crippen molar-refractivity contribution >= 4 is 0 Å². The number of nitrogens with one attached hydrogen (secondary N) is 1. The molecule has 3 heteroatoms. The molecular weight excluding hydrogens is 190 g/mol. The van der Waals surface area contributed by atoms with Crippen LogP contribution in [-0.4, -0.2) is 37.0 Å². The Morgan fingerprint density at radius 2 is 2.07 bits per heavy atom. The quantitative estimate of drug-likeness (QED) is 0.706. The highest BCUT2D eigenvalue weighted by Crippen LogP contribution is 2.48. The molecule has 0 aromatic heterocycles. The van der Waals surface area contributed by atoms with E-state index in [0.717, 1.165) is 19.3 Å². The number of aliphatic hydroxyl groups excluding tert-OH is 1. The summed E-state index contributed by atoms with van der Waals surface area (Å²) in [7, 11) is 1.80. The van der Waals surface area contributed by atoms with E-state index in [9.17, 15) is 0 Å². The normalized spacial score (nSPS) is 31.0. The zero-order valence-electron chi connectivity index (χ0n) is 10.4. The van der Waals surface area contributed by atoms with Gasteiger partial charge in [-0.1, -0.05) is 13.8 Å². The Morgan fingerprint density at radius 3 is 2.47 bits per heavy atom. The van der Waals surface area contributed by atoms with Gasteiger partial charge in [0, 0.05) is 24.6 Å². The summed E-state index contributed by atoms with van der Waals surface area (Å²) in [4.78, 5) is 0. The molecule has 15 heavy (non-hydrogen) atoms. The van der Waals surface area contributed by atoms with Crippen molar-refractivity contribution in [3.63, 3.8) is 0 Å². The first-order chi connectivity index (χ1) is 7.14. The predicted molar refractivity (Wildman–Crippen MR) is 61.9 cm³/mol. The molecule has 3 atom stereocenters. The molecule has 0 radical (unpaired) electrons. The third-order valence-corrected chi connectivity index (χ3v) is 4.15. The number of hydrogen-bond donors (Lipinski definition) is 2. The van der Waals surface area contributed by atoms with Crippen molar-refractivity contribution in [3.8, 4) is 0 Å². The third-order valence-electron chi connectivity index (χ3n) is 4.15. The van der Waals surface area contributed by atoms with Gasteiger partial charge in [0.1, 0.15) is 0 Å². The Kier molecular flexibility index (Phi) is 4.56. The SMILES string of the molecule is CCC1(CC)[C@@H](N[C@@H](C)CO)C[C@H]1OC. The number of aliphatic hydroxyl groups is 1. The smallest absolute Gasteiger partial charge is 0.0657 e. The molecule has 1 aliphatic rings. The second-order valence-corrected chi connectivity index (χ2v) is 4.70. The van der Waals surface area contributed by atoms with Gasteiger partial charge in [0.2, 0.25) is 0 Å². The van der Waals surface area contributed by atoms with Crippen molar-refractivity contribution in [2.75, 3.05) is 13.7 Å². The minimum atomic E-state index is 0.185. The molecule has 0 saturated heterocycles. The van der Waals surface area contributed by atoms with Gasteiger partial charge in [-0.05, 0) is 26.2 Å². The number of methoxy groups -OCH3 is 1. The van der Waals surface area contributed by atoms with E-state index in [0.29, 0.717) is 12.1 Å². The highest BCUT2D eigenvalue weighted by atomic mass is 16.5. The molecule has 0 aromatic carbocycles. The summed E-state index contributed by atoms with van der Waals surface area (Å²) in [5.41, 5.74) is 0.276. The molecule has 2 N–H and O–H groups in total. The Bertz CT molecular complexity index is 192. The van der Waals surface area contributed by atoms with E-state index in [4.69, 9.17) is 9.84 Å². The maximum absolute atomic E-state index is 9.05. The van der Waals surface area contributed by atoms with Gasteiger partial charge in [-0.2, -0.15) is 0 Å². The summed E-state index contributed by atoms with van der Waals surface area (Å²) in [6.07, 6.45) is 3.73. The van der Waals surface area contributed by atoms with E-state index >= 15 is 0 Å². The highest BCUT2D eigenvalue weighted by molar-refractivity contribution is 5.07. The molecule has 0 aromatic rings. The van der Waals surface area contributed by atoms with Crippen LogP contribution in [0, 0.1) is 5.41 Å². The number of ether oxygens (including phenoxy) is 1. The Morgan fingerprint density at radius 1 is 1.47 bits per heavy atom. The standard InChI is InChI=1S/C12H25NO2/c1-5-12(6-2)10(7-11(12)15-4)13-9(3)8-14/h9-11,13-14H,5-8H2,1-4H3/t9-,10-,11+/m0/s1. The summed E-state index contributed by atoms with van der Waals surface area (Å²) in [6, 6.07) is 0.685. The monoisotopic (exact) mass is 215 g/mol. The summed E-state index contributed by atoms with van der Waals surface area (Å²) in [5.74, 6) is 0. The minimum Gasteiger partial charge on any atom is -0.395 e. The van der Waals surface area contributed by atoms with Gasteiger partial charge >= 0.3 is 0 Å². The van der Waals surface area contributed by atoms with Crippen LogP contribution in [0.15, 0.2) is 0 Å². The van der Waals surface area contributed by atoms with Crippen molar-refractivity contribution in [1.82, 2.24) is 5.32 Å². The number of hydrogen-bond acceptors (Lipinski definition) is 3. The lowest BCUT2D eigenvalue weighted by atomic mass is 9.58. The summed E-state index contributed by atoms with van der Waals surface area (Å²) < 4.78 is 5.53. The Labute approximate surface area is 93.2 Å². The maximum atomic E-state index is 9.05. The van der Waals surface area contributed by atoms with E-state index in [-0.39, 0.29) is 18.1 Å². The summed E-state index contributed by atoms with van der Waals surface area (Å²) in [5, 5.41) is 12.5. The van der Waals surface area contributed by atoms with Gasteiger partial charge in [-0.25, -0.2) is 0 Å². The minimum absolute atomic E-state index is 0.185. The van der Waals surface area contributed by atoms with Gasteiger partial charge in [0.05, 0.1) is 12.7 Å². The van der Waals surface area contributed by atoms with Crippen molar-refractivity contribution in [1.29, 1.82) is 0 Å². The first-order valence-corrected chi connectivity index (χ1v) is 6.04. The molecule has 3 nitrogen and oxygen atoms in total. The van der Waals surface area contributed by atoms with Crippen molar-refractivity contribution in [2.45, 2.75) is 58.2 Å². The molecule has 1 rings (SSSR count). The van der Waals surface area contributed by atoms with E-state index in [2.05, 4.69) is 19.2 Å². The summed E-state index contributed by atoms with van der Waals surface area (Å²) >= 11 is 0. The van der Waals surface area contributed by atoms with E-state index in [1.54, 1.807) is 7.11 Å². The van der Waals surface area contributed by atoms with Gasteiger partial charge < -0.3 is 15.2 Å². The fraction of sp³-hybridized carbons (Fsp3) is 1.00. The van der Waals surface area contributed by atoms with Gasteiger partial charge in [-0.3, -0.25) is 0 Å². The molecule has 0 heterocycles. The lowest BCUT2D eigenvalue weighted by Gasteiger charge is -2.56. The molecule has 1 saturated carbocycles. The van der Waals surface area contributed by atoms with Crippen molar-refractivity contribution in [2.24, 2.45) is 5.41 Å². The largest absolute Gasteiger partial charge is 0.395 e. The van der Waals surface area contributed by atoms with Crippen LogP contribution in [-0.2, 0) is 4.74 Å². The molecule has 1 fully saturated rings. The van der Waals surface area contributed by atoms with Crippen LogP contribution in [0.5, 0.6) is 0 Å². The van der Waals surface area contributed by atoms with Gasteiger partial charge in [-0.15, -0.1) is 0 Å². The molecule has 0 amide bonds. The lowest BCUT2D eigenvalue weighted by Crippen LogP contribution is -2.64. The molecule has 0 unspecified atom stereocenters. The predicted octanol–water partition coefficient (Wildman–Crippen LogP) is 1.55. The second-order valence-electron chi connectivity index (χ2n) is 4.70. The van der Waals surface area contributed by atoms with Crippen LogP contribution in [0.1, 0.15) is 40.0 Å². The van der Waals surface area contributed by atoms with Crippen LogP contribution in [0.25, 0.3) is 0 Å². The maximum Gasteiger partial charge on any atom is 0.0657 e. The second kappa shape index (κ2) is 5.28. The van der Waals surface area contributed by atoms with Crippen LogP contribution in [0.4, 0.5) is 0 Å². The first-order valence-electron chi connectivity index (χ1n) is 6.04. The highest BCUT2D eigenvalue weighted by Gasteiger charge is 2.52. The van der Waals surface area contributed by atoms with Crippen molar-refractivity contribution < 1.29 is 9.84 Å². The topological polar surface area (TPSA) is 41.5 Å². The van der Waals surface area contributed by atoms with Crippen LogP contribution in [0.2, 0.25) is 0 Å². The van der Waals surface area contributed by atoms with Crippen LogP contribution >= 0.6 is 0 Å². The van der Waals surface area contributed by atoms with Gasteiger partial charge in [0.25, 0.3) is 0 Å². The van der Waals surface area contributed by atoms with E-state index in [1.807, 2.05) is 6.92 Å². The molecule has 0 bridgehead atoms. The Hall–Kier alpha value is -0.120. The van der Waals surface area contributed by atoms with Gasteiger partial charge in [0.15, 0.2) is 0 Å². The third kappa shape index (κ3) is 2.19. The molecule has 0 aliphatic heterocycles. The average molecular weight is 215 g/mol. The fourth-order valence-electron chi connectivity index (χ4n) is 2.91. The molecule has 0 spiro atoms. The number of rotatable bonds is 6. The van der Waals surface area contributed by atoms with Crippen LogP contribution < -0.4 is 5.32 Å². The molecule has 1 aliphatic carbocycles. The van der Waals surface area contributed by atoms with Crippen LogP contribution in [0.3, 0.4) is 0 Å². The fourth-order valence-corrected chi connectivity index (χ4v) is 2.91. The first kappa shape index (κ1) is 12.9. The Balaban J connectivity index is 2.60.